The second kappa shape index (κ2) is 7.88. The molecule has 0 spiro atoms. The number of nitrogens with one attached hydrogen (secondary N) is 1. The molecular weight excluding hydrogens is 372 g/mol. The van der Waals surface area contributed by atoms with Gasteiger partial charge in [0.25, 0.3) is 5.91 Å². The monoisotopic (exact) mass is 390 g/mol. The van der Waals surface area contributed by atoms with E-state index in [1.165, 1.54) is 18.7 Å². The maximum absolute atomic E-state index is 12.3. The normalized spacial score (nSPS) is 10.9. The van der Waals surface area contributed by atoms with E-state index < -0.39 is 0 Å². The number of benzene rings is 1. The van der Waals surface area contributed by atoms with Crippen LogP contribution in [0.25, 0.3) is 10.2 Å². The van der Waals surface area contributed by atoms with Crippen LogP contribution in [0.5, 0.6) is 0 Å². The Bertz CT molecular complexity index is 945. The molecule has 0 unspecified atom stereocenters. The molecule has 2 aromatic heterocycles. The standard InChI is InChI=1S/C17H18N4O3S2/c1-10-8-14(20-21(10)3)16(23)18-12-4-5-13-15(9-12)26-17(19-13)25-7-6-24-11(2)22/h4-5,8-9H,6-7H2,1-3H3,(H,18,23). The summed E-state index contributed by atoms with van der Waals surface area (Å²) in [5.41, 5.74) is 2.88. The maximum atomic E-state index is 12.3. The quantitative estimate of drug-likeness (QED) is 0.395. The summed E-state index contributed by atoms with van der Waals surface area (Å²) in [7, 11) is 1.80. The van der Waals surface area contributed by atoms with Crippen LogP contribution in [0.2, 0.25) is 0 Å². The summed E-state index contributed by atoms with van der Waals surface area (Å²) in [4.78, 5) is 27.6. The minimum atomic E-state index is -0.279. The molecule has 0 bridgehead atoms. The van der Waals surface area contributed by atoms with Gasteiger partial charge in [-0.3, -0.25) is 14.3 Å². The van der Waals surface area contributed by atoms with Crippen LogP contribution in [-0.4, -0.2) is 39.0 Å². The van der Waals surface area contributed by atoms with E-state index >= 15 is 0 Å². The van der Waals surface area contributed by atoms with Gasteiger partial charge in [0.2, 0.25) is 0 Å². The lowest BCUT2D eigenvalue weighted by molar-refractivity contribution is -0.140. The predicted octanol–water partition coefficient (Wildman–Crippen LogP) is 3.25. The molecule has 0 saturated heterocycles. The average molecular weight is 390 g/mol. The van der Waals surface area contributed by atoms with Crippen LogP contribution in [0.15, 0.2) is 28.6 Å². The number of anilines is 1. The topological polar surface area (TPSA) is 86.1 Å². The van der Waals surface area contributed by atoms with Gasteiger partial charge in [0.1, 0.15) is 6.61 Å². The number of carbonyl (C=O) groups excluding carboxylic acids is 2. The van der Waals surface area contributed by atoms with Gasteiger partial charge < -0.3 is 10.1 Å². The number of amides is 1. The molecular formula is C17H18N4O3S2. The summed E-state index contributed by atoms with van der Waals surface area (Å²) in [6.45, 7) is 3.65. The number of thioether (sulfide) groups is 1. The van der Waals surface area contributed by atoms with Crippen LogP contribution in [0, 0.1) is 6.92 Å². The molecule has 2 heterocycles. The van der Waals surface area contributed by atoms with E-state index in [1.54, 1.807) is 29.1 Å². The number of hydrogen-bond acceptors (Lipinski definition) is 7. The first kappa shape index (κ1) is 18.4. The molecule has 3 rings (SSSR count). The number of nitrogens with zero attached hydrogens (tertiary/aromatic N) is 3. The van der Waals surface area contributed by atoms with E-state index in [9.17, 15) is 9.59 Å². The number of ether oxygens (including phenoxy) is 1. The lowest BCUT2D eigenvalue weighted by atomic mass is 10.3. The summed E-state index contributed by atoms with van der Waals surface area (Å²) in [5.74, 6) is 0.133. The van der Waals surface area contributed by atoms with Crippen molar-refractivity contribution in [3.05, 3.63) is 35.7 Å². The van der Waals surface area contributed by atoms with Gasteiger partial charge >= 0.3 is 5.97 Å². The molecule has 3 aromatic rings. The van der Waals surface area contributed by atoms with E-state index in [4.69, 9.17) is 4.74 Å². The third kappa shape index (κ3) is 4.41. The van der Waals surface area contributed by atoms with Gasteiger partial charge in [-0.25, -0.2) is 4.98 Å². The Kier molecular flexibility index (Phi) is 5.58. The van der Waals surface area contributed by atoms with E-state index in [2.05, 4.69) is 15.4 Å². The molecule has 0 aliphatic rings. The smallest absolute Gasteiger partial charge is 0.302 e. The van der Waals surface area contributed by atoms with Crippen molar-refractivity contribution in [2.45, 2.75) is 18.2 Å². The first-order valence-electron chi connectivity index (χ1n) is 7.91. The first-order chi connectivity index (χ1) is 12.4. The first-order valence-corrected chi connectivity index (χ1v) is 9.71. The molecule has 26 heavy (non-hydrogen) atoms. The highest BCUT2D eigenvalue weighted by atomic mass is 32.2. The average Bonchev–Trinajstić information content (AvgIpc) is 3.14. The van der Waals surface area contributed by atoms with Gasteiger partial charge in [-0.2, -0.15) is 5.10 Å². The fraction of sp³-hybridized carbons (Fsp3) is 0.294. The molecule has 136 valence electrons. The van der Waals surface area contributed by atoms with Gasteiger partial charge in [-0.05, 0) is 31.2 Å². The molecule has 0 saturated carbocycles. The van der Waals surface area contributed by atoms with Crippen molar-refractivity contribution >= 4 is 50.9 Å². The van der Waals surface area contributed by atoms with E-state index in [0.717, 1.165) is 20.3 Å². The largest absolute Gasteiger partial charge is 0.465 e. The minimum Gasteiger partial charge on any atom is -0.465 e. The zero-order chi connectivity index (χ0) is 18.7. The molecule has 0 aliphatic carbocycles. The van der Waals surface area contributed by atoms with Gasteiger partial charge in [-0.15, -0.1) is 11.3 Å². The van der Waals surface area contributed by atoms with Crippen molar-refractivity contribution < 1.29 is 14.3 Å². The van der Waals surface area contributed by atoms with Gasteiger partial charge in [-0.1, -0.05) is 11.8 Å². The number of aryl methyl sites for hydroxylation is 2. The number of esters is 1. The van der Waals surface area contributed by atoms with Crippen molar-refractivity contribution in [3.8, 4) is 0 Å². The van der Waals surface area contributed by atoms with Crippen LogP contribution in [0.1, 0.15) is 23.1 Å². The lowest BCUT2D eigenvalue weighted by Gasteiger charge is -2.02. The number of aromatic nitrogens is 3. The van der Waals surface area contributed by atoms with Crippen LogP contribution >= 0.6 is 23.1 Å². The summed E-state index contributed by atoms with van der Waals surface area (Å²) in [6, 6.07) is 7.35. The van der Waals surface area contributed by atoms with E-state index in [-0.39, 0.29) is 11.9 Å². The molecule has 0 fully saturated rings. The van der Waals surface area contributed by atoms with Gasteiger partial charge in [0.15, 0.2) is 10.0 Å². The molecule has 1 aromatic carbocycles. The van der Waals surface area contributed by atoms with Crippen LogP contribution < -0.4 is 5.32 Å². The van der Waals surface area contributed by atoms with Gasteiger partial charge in [0.05, 0.1) is 10.2 Å². The molecule has 0 radical (unpaired) electrons. The van der Waals surface area contributed by atoms with E-state index in [0.29, 0.717) is 23.7 Å². The van der Waals surface area contributed by atoms with Crippen LogP contribution in [0.3, 0.4) is 0 Å². The second-order valence-corrected chi connectivity index (χ2v) is 7.97. The SMILES string of the molecule is CC(=O)OCCSc1nc2ccc(NC(=O)c3cc(C)n(C)n3)cc2s1. The number of thiazole rings is 1. The molecule has 0 atom stereocenters. The second-order valence-electron chi connectivity index (χ2n) is 5.60. The minimum absolute atomic E-state index is 0.242. The summed E-state index contributed by atoms with van der Waals surface area (Å²) in [5, 5.41) is 7.05. The number of carbonyl (C=O) groups is 2. The van der Waals surface area contributed by atoms with Crippen molar-refractivity contribution in [1.29, 1.82) is 0 Å². The van der Waals surface area contributed by atoms with Crippen molar-refractivity contribution in [2.24, 2.45) is 7.05 Å². The molecule has 9 heteroatoms. The Balaban J connectivity index is 1.66. The zero-order valence-corrected chi connectivity index (χ0v) is 16.2. The van der Waals surface area contributed by atoms with Crippen molar-refractivity contribution in [3.63, 3.8) is 0 Å². The number of hydrogen-bond donors (Lipinski definition) is 1. The summed E-state index contributed by atoms with van der Waals surface area (Å²) in [6.07, 6.45) is 0. The maximum Gasteiger partial charge on any atom is 0.302 e. The fourth-order valence-corrected chi connectivity index (χ4v) is 4.22. The highest BCUT2D eigenvalue weighted by molar-refractivity contribution is 8.01. The Morgan fingerprint density at radius 1 is 1.35 bits per heavy atom. The number of rotatable bonds is 6. The summed E-state index contributed by atoms with van der Waals surface area (Å²) < 4.78 is 8.46. The van der Waals surface area contributed by atoms with Crippen molar-refractivity contribution in [1.82, 2.24) is 14.8 Å². The molecule has 1 amide bonds. The van der Waals surface area contributed by atoms with Crippen LogP contribution in [0.4, 0.5) is 5.69 Å². The van der Waals surface area contributed by atoms with Crippen molar-refractivity contribution in [2.75, 3.05) is 17.7 Å². The fourth-order valence-electron chi connectivity index (χ4n) is 2.22. The van der Waals surface area contributed by atoms with Crippen LogP contribution in [-0.2, 0) is 16.6 Å². The Morgan fingerprint density at radius 2 is 2.15 bits per heavy atom. The van der Waals surface area contributed by atoms with E-state index in [1.807, 2.05) is 25.1 Å². The van der Waals surface area contributed by atoms with Gasteiger partial charge in [0, 0.05) is 31.1 Å². The Morgan fingerprint density at radius 3 is 2.85 bits per heavy atom. The Hall–Kier alpha value is -2.39. The highest BCUT2D eigenvalue weighted by Gasteiger charge is 2.12. The Labute approximate surface area is 158 Å². The molecule has 7 nitrogen and oxygen atoms in total. The molecule has 0 aliphatic heterocycles. The third-order valence-corrected chi connectivity index (χ3v) is 5.71. The number of fused-ring (bicyclic) bond motifs is 1. The third-order valence-electron chi connectivity index (χ3n) is 3.59. The summed E-state index contributed by atoms with van der Waals surface area (Å²) >= 11 is 3.08. The lowest BCUT2D eigenvalue weighted by Crippen LogP contribution is -2.12. The molecule has 1 N–H and O–H groups in total. The predicted molar refractivity (Wildman–Crippen MR) is 103 cm³/mol. The highest BCUT2D eigenvalue weighted by Crippen LogP contribution is 2.31. The zero-order valence-electron chi connectivity index (χ0n) is 14.6.